The molecule has 3 fully saturated rings. The molecule has 3 aliphatic rings. The summed E-state index contributed by atoms with van der Waals surface area (Å²) in [6, 6.07) is 0.432. The van der Waals surface area contributed by atoms with Crippen molar-refractivity contribution in [3.05, 3.63) is 18.7 Å². The van der Waals surface area contributed by atoms with Crippen LogP contribution in [0.5, 0.6) is 0 Å². The fourth-order valence-corrected chi connectivity index (χ4v) is 4.92. The number of piperazine rings is 1. The van der Waals surface area contributed by atoms with Gasteiger partial charge in [-0.2, -0.15) is 0 Å². The number of carbonyl (C=O) groups is 1. The molecule has 3 heterocycles. The third-order valence-electron chi connectivity index (χ3n) is 7.28. The summed E-state index contributed by atoms with van der Waals surface area (Å²) in [5.41, 5.74) is 0. The maximum Gasteiger partial charge on any atom is 0.225 e. The number of aliphatic imine (C=N–C) groups is 1. The smallest absolute Gasteiger partial charge is 0.225 e. The van der Waals surface area contributed by atoms with Gasteiger partial charge in [0.15, 0.2) is 5.96 Å². The highest BCUT2D eigenvalue weighted by molar-refractivity contribution is 5.80. The van der Waals surface area contributed by atoms with Crippen LogP contribution in [0.3, 0.4) is 0 Å². The zero-order valence-electron chi connectivity index (χ0n) is 19.2. The van der Waals surface area contributed by atoms with E-state index >= 15 is 0 Å². The zero-order chi connectivity index (χ0) is 21.6. The summed E-state index contributed by atoms with van der Waals surface area (Å²) in [5, 5.41) is 3.50. The number of aromatic nitrogens is 2. The van der Waals surface area contributed by atoms with Crippen molar-refractivity contribution in [3.63, 3.8) is 0 Å². The van der Waals surface area contributed by atoms with Crippen LogP contribution in [0.1, 0.15) is 45.6 Å². The lowest BCUT2D eigenvalue weighted by molar-refractivity contribution is -0.139. The van der Waals surface area contributed by atoms with Gasteiger partial charge in [-0.05, 0) is 32.1 Å². The highest BCUT2D eigenvalue weighted by Crippen LogP contribution is 2.29. The zero-order valence-corrected chi connectivity index (χ0v) is 19.2. The molecule has 2 aliphatic heterocycles. The Morgan fingerprint density at radius 3 is 2.58 bits per heavy atom. The summed E-state index contributed by atoms with van der Waals surface area (Å²) in [4.78, 5) is 28.6. The first-order valence-corrected chi connectivity index (χ1v) is 12.2. The molecule has 0 bridgehead atoms. The van der Waals surface area contributed by atoms with Crippen molar-refractivity contribution in [1.82, 2.24) is 29.6 Å². The lowest BCUT2D eigenvalue weighted by atomic mass is 9.84. The van der Waals surface area contributed by atoms with Crippen molar-refractivity contribution in [2.45, 2.75) is 45.6 Å². The molecule has 2 atom stereocenters. The van der Waals surface area contributed by atoms with Crippen LogP contribution in [0, 0.1) is 11.8 Å². The van der Waals surface area contributed by atoms with E-state index in [-0.39, 0.29) is 0 Å². The van der Waals surface area contributed by atoms with E-state index in [4.69, 9.17) is 4.99 Å². The van der Waals surface area contributed by atoms with E-state index in [0.29, 0.717) is 23.8 Å². The average Bonchev–Trinajstić information content (AvgIpc) is 3.27. The molecule has 172 valence electrons. The topological polar surface area (TPSA) is 69.0 Å². The van der Waals surface area contributed by atoms with Crippen LogP contribution < -0.4 is 5.32 Å². The van der Waals surface area contributed by atoms with Crippen LogP contribution in [-0.4, -0.2) is 95.0 Å². The summed E-state index contributed by atoms with van der Waals surface area (Å²) in [7, 11) is 0. The fourth-order valence-electron chi connectivity index (χ4n) is 4.92. The van der Waals surface area contributed by atoms with Gasteiger partial charge in [-0.3, -0.25) is 14.7 Å². The molecule has 1 aromatic heterocycles. The molecular weight excluding hydrogens is 390 g/mol. The summed E-state index contributed by atoms with van der Waals surface area (Å²) >= 11 is 0. The first-order valence-electron chi connectivity index (χ1n) is 12.2. The number of imidazole rings is 1. The second-order valence-electron chi connectivity index (χ2n) is 9.32. The number of guanidine groups is 1. The Kier molecular flexibility index (Phi) is 7.48. The predicted octanol–water partition coefficient (Wildman–Crippen LogP) is 1.68. The van der Waals surface area contributed by atoms with Gasteiger partial charge in [0.1, 0.15) is 0 Å². The van der Waals surface area contributed by atoms with Gasteiger partial charge < -0.3 is 19.7 Å². The van der Waals surface area contributed by atoms with E-state index in [0.717, 1.165) is 84.1 Å². The van der Waals surface area contributed by atoms with E-state index in [1.165, 1.54) is 6.42 Å². The number of hydrogen-bond donors (Lipinski definition) is 1. The van der Waals surface area contributed by atoms with Crippen molar-refractivity contribution in [2.24, 2.45) is 16.8 Å². The maximum atomic E-state index is 12.4. The number of hydrogen-bond acceptors (Lipinski definition) is 4. The first-order chi connectivity index (χ1) is 15.2. The molecule has 0 aromatic carbocycles. The Hall–Kier alpha value is -2.09. The lowest BCUT2D eigenvalue weighted by Crippen LogP contribution is -2.51. The van der Waals surface area contributed by atoms with Crippen molar-refractivity contribution >= 4 is 11.9 Å². The number of carbonyl (C=O) groups excluding carboxylic acids is 1. The van der Waals surface area contributed by atoms with Gasteiger partial charge in [0.25, 0.3) is 0 Å². The molecule has 8 nitrogen and oxygen atoms in total. The SMILES string of the molecule is CCNC(=NCCN1CCN(C(=O)C2CCC2)CC1)N1CCC(C)C(n2ccnc2)C1. The minimum atomic E-state index is 0.317. The van der Waals surface area contributed by atoms with Gasteiger partial charge in [-0.1, -0.05) is 13.3 Å². The van der Waals surface area contributed by atoms with Gasteiger partial charge in [0, 0.05) is 70.7 Å². The van der Waals surface area contributed by atoms with Crippen LogP contribution in [-0.2, 0) is 4.79 Å². The van der Waals surface area contributed by atoms with E-state index in [9.17, 15) is 4.79 Å². The van der Waals surface area contributed by atoms with Crippen LogP contribution >= 0.6 is 0 Å². The molecule has 0 spiro atoms. The highest BCUT2D eigenvalue weighted by Gasteiger charge is 2.31. The predicted molar refractivity (Wildman–Crippen MR) is 123 cm³/mol. The van der Waals surface area contributed by atoms with Crippen LogP contribution in [0.15, 0.2) is 23.7 Å². The summed E-state index contributed by atoms with van der Waals surface area (Å²) < 4.78 is 2.24. The van der Waals surface area contributed by atoms with Crippen molar-refractivity contribution in [2.75, 3.05) is 58.9 Å². The molecular formula is C23H39N7O. The molecule has 1 N–H and O–H groups in total. The molecule has 1 aliphatic carbocycles. The van der Waals surface area contributed by atoms with E-state index in [1.54, 1.807) is 0 Å². The third kappa shape index (κ3) is 5.40. The van der Waals surface area contributed by atoms with Crippen LogP contribution in [0.2, 0.25) is 0 Å². The quantitative estimate of drug-likeness (QED) is 0.550. The van der Waals surface area contributed by atoms with E-state index < -0.39 is 0 Å². The van der Waals surface area contributed by atoms with Gasteiger partial charge in [0.2, 0.25) is 5.91 Å². The third-order valence-corrected chi connectivity index (χ3v) is 7.28. The summed E-state index contributed by atoms with van der Waals surface area (Å²) in [5.74, 6) is 2.37. The number of nitrogens with zero attached hydrogens (tertiary/aromatic N) is 6. The molecule has 4 rings (SSSR count). The summed E-state index contributed by atoms with van der Waals surface area (Å²) in [6.07, 6.45) is 10.4. The summed E-state index contributed by atoms with van der Waals surface area (Å²) in [6.45, 7) is 12.8. The lowest BCUT2D eigenvalue weighted by Gasteiger charge is -2.39. The fraction of sp³-hybridized carbons (Fsp3) is 0.783. The number of amides is 1. The van der Waals surface area contributed by atoms with Crippen LogP contribution in [0.25, 0.3) is 0 Å². The first kappa shape index (κ1) is 22.1. The normalized spacial score (nSPS) is 26.1. The largest absolute Gasteiger partial charge is 0.357 e. The molecule has 8 heteroatoms. The highest BCUT2D eigenvalue weighted by atomic mass is 16.2. The van der Waals surface area contributed by atoms with Crippen LogP contribution in [0.4, 0.5) is 0 Å². The minimum absolute atomic E-state index is 0.317. The van der Waals surface area contributed by atoms with Gasteiger partial charge in [-0.25, -0.2) is 4.98 Å². The Bertz CT molecular complexity index is 722. The number of rotatable bonds is 6. The molecule has 1 saturated carbocycles. The molecule has 1 aromatic rings. The van der Waals surface area contributed by atoms with E-state index in [1.807, 2.05) is 12.5 Å². The molecule has 1 amide bonds. The number of likely N-dealkylation sites (tertiary alicyclic amines) is 1. The van der Waals surface area contributed by atoms with Gasteiger partial charge in [-0.15, -0.1) is 0 Å². The second kappa shape index (κ2) is 10.5. The van der Waals surface area contributed by atoms with E-state index in [2.05, 4.69) is 49.6 Å². The Labute approximate surface area is 186 Å². The number of nitrogens with one attached hydrogen (secondary N) is 1. The maximum absolute atomic E-state index is 12.4. The molecule has 2 unspecified atom stereocenters. The Morgan fingerprint density at radius 1 is 1.13 bits per heavy atom. The molecule has 2 saturated heterocycles. The van der Waals surface area contributed by atoms with Crippen molar-refractivity contribution in [1.29, 1.82) is 0 Å². The van der Waals surface area contributed by atoms with Crippen molar-refractivity contribution < 1.29 is 4.79 Å². The minimum Gasteiger partial charge on any atom is -0.357 e. The number of piperidine rings is 1. The Morgan fingerprint density at radius 2 is 1.94 bits per heavy atom. The molecule has 31 heavy (non-hydrogen) atoms. The monoisotopic (exact) mass is 429 g/mol. The van der Waals surface area contributed by atoms with Gasteiger partial charge in [0.05, 0.1) is 18.9 Å². The van der Waals surface area contributed by atoms with Gasteiger partial charge >= 0.3 is 0 Å². The average molecular weight is 430 g/mol. The Balaban J connectivity index is 1.27. The second-order valence-corrected chi connectivity index (χ2v) is 9.32. The van der Waals surface area contributed by atoms with Crippen molar-refractivity contribution in [3.8, 4) is 0 Å². The standard InChI is InChI=1S/C23H39N7O/c1-3-25-23(29-10-7-19(2)21(17-29)30-12-8-24-18-30)26-9-11-27-13-15-28(16-14-27)22(31)20-5-4-6-20/h8,12,18-21H,3-7,9-11,13-17H2,1-2H3,(H,25,26). The molecule has 0 radical (unpaired) electrons.